The van der Waals surface area contributed by atoms with Crippen molar-refractivity contribution in [3.05, 3.63) is 34.3 Å². The number of aromatic nitrogens is 3. The van der Waals surface area contributed by atoms with Crippen LogP contribution in [0.3, 0.4) is 0 Å². The van der Waals surface area contributed by atoms with Crippen LogP contribution in [0, 0.1) is 0 Å². The van der Waals surface area contributed by atoms with Crippen LogP contribution < -0.4 is 0 Å². The number of nitrogens with zero attached hydrogens (tertiary/aromatic N) is 3. The van der Waals surface area contributed by atoms with E-state index in [1.165, 1.54) is 5.01 Å². The molecule has 0 spiro atoms. The Hall–Kier alpha value is -1.20. The Morgan fingerprint density at radius 2 is 2.16 bits per heavy atom. The van der Waals surface area contributed by atoms with E-state index in [0.717, 1.165) is 18.1 Å². The summed E-state index contributed by atoms with van der Waals surface area (Å²) >= 11 is 1.73. The molecule has 104 valence electrons. The van der Waals surface area contributed by atoms with Crippen LogP contribution in [0.5, 0.6) is 0 Å². The van der Waals surface area contributed by atoms with Crippen LogP contribution in [0.15, 0.2) is 17.8 Å². The maximum Gasteiger partial charge on any atom is 0.137 e. The summed E-state index contributed by atoms with van der Waals surface area (Å²) < 4.78 is 7.72. The molecule has 2 heterocycles. The number of hydrogen-bond donors (Lipinski definition) is 0. The van der Waals surface area contributed by atoms with E-state index in [1.807, 2.05) is 26.2 Å². The third-order valence-corrected chi connectivity index (χ3v) is 4.12. The molecule has 0 radical (unpaired) electrons. The van der Waals surface area contributed by atoms with Gasteiger partial charge < -0.3 is 9.30 Å². The zero-order valence-corrected chi connectivity index (χ0v) is 12.8. The minimum Gasteiger partial charge on any atom is -0.371 e. The molecule has 0 aliphatic carbocycles. The number of imidazole rings is 1. The third-order valence-electron chi connectivity index (χ3n) is 2.92. The molecule has 4 nitrogen and oxygen atoms in total. The van der Waals surface area contributed by atoms with Gasteiger partial charge in [0.05, 0.1) is 17.2 Å². The highest BCUT2D eigenvalue weighted by molar-refractivity contribution is 7.09. The molecule has 19 heavy (non-hydrogen) atoms. The van der Waals surface area contributed by atoms with Gasteiger partial charge in [-0.2, -0.15) is 0 Å². The van der Waals surface area contributed by atoms with Crippen molar-refractivity contribution < 1.29 is 4.74 Å². The first-order chi connectivity index (χ1) is 9.11. The van der Waals surface area contributed by atoms with E-state index in [2.05, 4.69) is 33.8 Å². The van der Waals surface area contributed by atoms with Crippen LogP contribution in [-0.2, 0) is 11.3 Å². The molecular formula is C14H21N3OS. The van der Waals surface area contributed by atoms with Gasteiger partial charge in [-0.3, -0.25) is 0 Å². The lowest BCUT2D eigenvalue weighted by Crippen LogP contribution is -2.10. The molecule has 0 N–H and O–H groups in total. The Labute approximate surface area is 118 Å². The Kier molecular flexibility index (Phi) is 4.71. The van der Waals surface area contributed by atoms with Gasteiger partial charge in [0, 0.05) is 30.3 Å². The van der Waals surface area contributed by atoms with Crippen LogP contribution in [-0.4, -0.2) is 21.1 Å². The summed E-state index contributed by atoms with van der Waals surface area (Å²) in [4.78, 5) is 9.05. The van der Waals surface area contributed by atoms with Crippen LogP contribution in [0.2, 0.25) is 0 Å². The van der Waals surface area contributed by atoms with Crippen molar-refractivity contribution in [1.29, 1.82) is 0 Å². The highest BCUT2D eigenvalue weighted by Gasteiger charge is 2.13. The van der Waals surface area contributed by atoms with E-state index in [1.54, 1.807) is 11.3 Å². The maximum atomic E-state index is 5.61. The van der Waals surface area contributed by atoms with Crippen LogP contribution in [0.1, 0.15) is 56.2 Å². The van der Waals surface area contributed by atoms with E-state index in [9.17, 15) is 0 Å². The number of ether oxygens (including phenoxy) is 1. The van der Waals surface area contributed by atoms with Gasteiger partial charge in [0.25, 0.3) is 0 Å². The predicted octanol–water partition coefficient (Wildman–Crippen LogP) is 3.61. The molecule has 0 fully saturated rings. The molecule has 0 amide bonds. The van der Waals surface area contributed by atoms with Gasteiger partial charge in [0.1, 0.15) is 11.9 Å². The van der Waals surface area contributed by atoms with Crippen molar-refractivity contribution in [2.75, 3.05) is 6.61 Å². The Balaban J connectivity index is 2.12. The second kappa shape index (κ2) is 6.30. The fraction of sp³-hybridized carbons (Fsp3) is 0.571. The lowest BCUT2D eigenvalue weighted by Gasteiger charge is -2.13. The second-order valence-electron chi connectivity index (χ2n) is 4.84. The fourth-order valence-corrected chi connectivity index (χ4v) is 2.80. The molecule has 0 aliphatic rings. The van der Waals surface area contributed by atoms with Gasteiger partial charge >= 0.3 is 0 Å². The summed E-state index contributed by atoms with van der Waals surface area (Å²) in [5.74, 6) is 1.45. The quantitative estimate of drug-likeness (QED) is 0.811. The smallest absolute Gasteiger partial charge is 0.137 e. The van der Waals surface area contributed by atoms with Gasteiger partial charge in [-0.15, -0.1) is 11.3 Å². The predicted molar refractivity (Wildman–Crippen MR) is 77.6 cm³/mol. The van der Waals surface area contributed by atoms with E-state index in [0.29, 0.717) is 12.5 Å². The summed E-state index contributed by atoms with van der Waals surface area (Å²) in [6, 6.07) is 0. The van der Waals surface area contributed by atoms with Crippen molar-refractivity contribution in [2.24, 2.45) is 0 Å². The maximum absolute atomic E-state index is 5.61. The van der Waals surface area contributed by atoms with E-state index in [4.69, 9.17) is 4.74 Å². The SMILES string of the molecule is CCOC(C)c1nccn1Cc1csc(C(C)C)n1. The van der Waals surface area contributed by atoms with Crippen LogP contribution in [0.4, 0.5) is 0 Å². The Morgan fingerprint density at radius 3 is 2.79 bits per heavy atom. The average molecular weight is 279 g/mol. The van der Waals surface area contributed by atoms with Gasteiger partial charge in [-0.1, -0.05) is 13.8 Å². The molecule has 2 aromatic heterocycles. The standard InChI is InChI=1S/C14H21N3OS/c1-5-18-11(4)13-15-6-7-17(13)8-12-9-19-14(16-12)10(2)3/h6-7,9-11H,5,8H2,1-4H3. The molecule has 2 rings (SSSR count). The minimum absolute atomic E-state index is 0.0169. The van der Waals surface area contributed by atoms with Gasteiger partial charge in [0.15, 0.2) is 0 Å². The summed E-state index contributed by atoms with van der Waals surface area (Å²) in [5.41, 5.74) is 1.09. The second-order valence-corrected chi connectivity index (χ2v) is 5.73. The van der Waals surface area contributed by atoms with Gasteiger partial charge in [-0.25, -0.2) is 9.97 Å². The number of thiazole rings is 1. The molecule has 5 heteroatoms. The Morgan fingerprint density at radius 1 is 1.37 bits per heavy atom. The molecule has 0 aliphatic heterocycles. The van der Waals surface area contributed by atoms with E-state index in [-0.39, 0.29) is 6.10 Å². The largest absolute Gasteiger partial charge is 0.371 e. The summed E-state index contributed by atoms with van der Waals surface area (Å²) in [5, 5.41) is 3.32. The van der Waals surface area contributed by atoms with Crippen LogP contribution >= 0.6 is 11.3 Å². The molecular weight excluding hydrogens is 258 g/mol. The molecule has 0 bridgehead atoms. The normalized spacial score (nSPS) is 13.1. The van der Waals surface area contributed by atoms with E-state index < -0.39 is 0 Å². The first kappa shape index (κ1) is 14.2. The average Bonchev–Trinajstić information content (AvgIpc) is 2.99. The molecule has 0 aromatic carbocycles. The molecule has 0 saturated carbocycles. The highest BCUT2D eigenvalue weighted by Crippen LogP contribution is 2.21. The van der Waals surface area contributed by atoms with E-state index >= 15 is 0 Å². The molecule has 1 unspecified atom stereocenters. The van der Waals surface area contributed by atoms with Crippen molar-refractivity contribution in [1.82, 2.24) is 14.5 Å². The zero-order chi connectivity index (χ0) is 13.8. The first-order valence-electron chi connectivity index (χ1n) is 6.68. The van der Waals surface area contributed by atoms with Crippen molar-refractivity contribution in [3.8, 4) is 0 Å². The highest BCUT2D eigenvalue weighted by atomic mass is 32.1. The number of rotatable bonds is 6. The summed E-state index contributed by atoms with van der Waals surface area (Å²) in [6.07, 6.45) is 3.82. The summed E-state index contributed by atoms with van der Waals surface area (Å²) in [7, 11) is 0. The van der Waals surface area contributed by atoms with Crippen molar-refractivity contribution in [3.63, 3.8) is 0 Å². The fourth-order valence-electron chi connectivity index (χ4n) is 1.97. The molecule has 1 atom stereocenters. The lowest BCUT2D eigenvalue weighted by molar-refractivity contribution is 0.0677. The van der Waals surface area contributed by atoms with Crippen molar-refractivity contribution >= 4 is 11.3 Å². The van der Waals surface area contributed by atoms with Crippen LogP contribution in [0.25, 0.3) is 0 Å². The topological polar surface area (TPSA) is 39.9 Å². The molecule has 0 saturated heterocycles. The minimum atomic E-state index is 0.0169. The zero-order valence-electron chi connectivity index (χ0n) is 12.0. The number of hydrogen-bond acceptors (Lipinski definition) is 4. The summed E-state index contributed by atoms with van der Waals surface area (Å²) in [6.45, 7) is 9.82. The first-order valence-corrected chi connectivity index (χ1v) is 7.56. The molecule has 2 aromatic rings. The Bertz CT molecular complexity index is 518. The van der Waals surface area contributed by atoms with Gasteiger partial charge in [-0.05, 0) is 13.8 Å². The van der Waals surface area contributed by atoms with Gasteiger partial charge in [0.2, 0.25) is 0 Å². The third kappa shape index (κ3) is 3.42. The lowest BCUT2D eigenvalue weighted by atomic mass is 10.2. The monoisotopic (exact) mass is 279 g/mol. The van der Waals surface area contributed by atoms with Crippen molar-refractivity contribution in [2.45, 2.75) is 46.3 Å².